The number of nitrogens with one attached hydrogen (secondary N) is 1. The Balaban J connectivity index is 2.51. The molecule has 66 valence electrons. The van der Waals surface area contributed by atoms with Crippen molar-refractivity contribution < 1.29 is 5.06 Å². The molecule has 0 aromatic carbocycles. The average Bonchev–Trinajstić information content (AvgIpc) is 1.94. The van der Waals surface area contributed by atoms with Crippen LogP contribution < -0.4 is 5.06 Å². The summed E-state index contributed by atoms with van der Waals surface area (Å²) in [5, 5.41) is 12.1. The van der Waals surface area contributed by atoms with Crippen LogP contribution in [0.15, 0.2) is 0 Å². The number of hydrogen-bond donors (Lipinski definition) is 1. The molecule has 0 aliphatic carbocycles. The van der Waals surface area contributed by atoms with Crippen LogP contribution in [0.25, 0.3) is 0 Å². The van der Waals surface area contributed by atoms with Crippen molar-refractivity contribution in [2.45, 2.75) is 52.1 Å². The van der Waals surface area contributed by atoms with Gasteiger partial charge in [-0.25, -0.2) is 0 Å². The van der Waals surface area contributed by atoms with E-state index in [4.69, 9.17) is 0 Å². The molecular formula is C9H19NO. The molecule has 1 N–H and O–H groups in total. The molecule has 0 spiro atoms. The molecule has 0 saturated carbocycles. The summed E-state index contributed by atoms with van der Waals surface area (Å²) >= 11 is 0. The molecule has 0 radical (unpaired) electrons. The fourth-order valence-corrected chi connectivity index (χ4v) is 1.96. The van der Waals surface area contributed by atoms with E-state index in [1.165, 1.54) is 6.42 Å². The summed E-state index contributed by atoms with van der Waals surface area (Å²) < 4.78 is 0. The van der Waals surface area contributed by atoms with Gasteiger partial charge in [0, 0.05) is 12.3 Å². The molecule has 2 nitrogen and oxygen atoms in total. The summed E-state index contributed by atoms with van der Waals surface area (Å²) in [6.45, 7) is 6.37. The van der Waals surface area contributed by atoms with E-state index in [-0.39, 0.29) is 0 Å². The Hall–Kier alpha value is -0.0800. The first-order valence-electron chi connectivity index (χ1n) is 4.66. The first-order chi connectivity index (χ1) is 5.13. The van der Waals surface area contributed by atoms with Crippen molar-refractivity contribution in [1.82, 2.24) is 0 Å². The van der Waals surface area contributed by atoms with Gasteiger partial charge >= 0.3 is 0 Å². The summed E-state index contributed by atoms with van der Waals surface area (Å²) in [5.74, 6) is 0.547. The molecule has 3 atom stereocenters. The van der Waals surface area contributed by atoms with Gasteiger partial charge in [0.1, 0.15) is 0 Å². The second-order valence-electron chi connectivity index (χ2n) is 4.08. The summed E-state index contributed by atoms with van der Waals surface area (Å²) in [6, 6.07) is 0.690. The van der Waals surface area contributed by atoms with Crippen LogP contribution in [-0.4, -0.2) is 12.1 Å². The molecule has 0 bridgehead atoms. The van der Waals surface area contributed by atoms with E-state index in [1.807, 2.05) is 0 Å². The first-order valence-corrected chi connectivity index (χ1v) is 4.66. The minimum atomic E-state index is 0.330. The van der Waals surface area contributed by atoms with Crippen molar-refractivity contribution in [2.24, 2.45) is 5.92 Å². The number of quaternary nitrogens is 1. The smallest absolute Gasteiger partial charge is 0.0896 e. The number of hydroxylamine groups is 2. The number of hydrogen-bond acceptors (Lipinski definition) is 1. The van der Waals surface area contributed by atoms with Gasteiger partial charge in [0.25, 0.3) is 0 Å². The molecule has 1 aliphatic rings. The fraction of sp³-hybridized carbons (Fsp3) is 1.00. The zero-order valence-corrected chi connectivity index (χ0v) is 7.76. The summed E-state index contributed by atoms with van der Waals surface area (Å²) in [4.78, 5) is 0. The molecule has 0 amide bonds. The molecule has 1 fully saturated rings. The third-order valence-electron chi connectivity index (χ3n) is 2.81. The van der Waals surface area contributed by atoms with Crippen molar-refractivity contribution in [3.8, 4) is 0 Å². The normalized spacial score (nSPS) is 39.5. The second kappa shape index (κ2) is 3.55. The molecule has 2 heteroatoms. The van der Waals surface area contributed by atoms with Crippen molar-refractivity contribution in [3.05, 3.63) is 5.21 Å². The van der Waals surface area contributed by atoms with Crippen LogP contribution >= 0.6 is 0 Å². The molecule has 3 unspecified atom stereocenters. The molecule has 1 aliphatic heterocycles. The van der Waals surface area contributed by atoms with E-state index in [1.54, 1.807) is 0 Å². The zero-order valence-electron chi connectivity index (χ0n) is 7.76. The Bertz CT molecular complexity index is 125. The van der Waals surface area contributed by atoms with Gasteiger partial charge in [-0.3, -0.25) is 0 Å². The third kappa shape index (κ3) is 1.94. The van der Waals surface area contributed by atoms with Gasteiger partial charge in [0.05, 0.1) is 12.1 Å². The monoisotopic (exact) mass is 157 g/mol. The van der Waals surface area contributed by atoms with Crippen LogP contribution in [0, 0.1) is 11.1 Å². The van der Waals surface area contributed by atoms with E-state index in [9.17, 15) is 5.21 Å². The Labute approximate surface area is 69.2 Å². The highest BCUT2D eigenvalue weighted by Crippen LogP contribution is 2.13. The molecule has 0 aromatic heterocycles. The Morgan fingerprint density at radius 1 is 1.36 bits per heavy atom. The van der Waals surface area contributed by atoms with Crippen LogP contribution in [0.1, 0.15) is 40.0 Å². The first kappa shape index (κ1) is 9.01. The maximum Gasteiger partial charge on any atom is 0.0896 e. The third-order valence-corrected chi connectivity index (χ3v) is 2.81. The Morgan fingerprint density at radius 2 is 2.00 bits per heavy atom. The predicted octanol–water partition coefficient (Wildman–Crippen LogP) is 0.966. The highest BCUT2D eigenvalue weighted by molar-refractivity contribution is 4.68. The highest BCUT2D eigenvalue weighted by atomic mass is 16.5. The van der Waals surface area contributed by atoms with Gasteiger partial charge in [-0.05, 0) is 19.8 Å². The number of piperidine rings is 1. The van der Waals surface area contributed by atoms with E-state index in [2.05, 4.69) is 20.8 Å². The van der Waals surface area contributed by atoms with Gasteiger partial charge in [-0.1, -0.05) is 13.8 Å². The lowest BCUT2D eigenvalue weighted by atomic mass is 9.91. The summed E-state index contributed by atoms with van der Waals surface area (Å²) in [6.07, 6.45) is 3.48. The molecule has 1 rings (SSSR count). The van der Waals surface area contributed by atoms with Crippen LogP contribution in [0.4, 0.5) is 0 Å². The van der Waals surface area contributed by atoms with E-state index in [0.717, 1.165) is 12.8 Å². The lowest BCUT2D eigenvalue weighted by Crippen LogP contribution is -3.16. The van der Waals surface area contributed by atoms with Crippen molar-refractivity contribution in [2.75, 3.05) is 0 Å². The highest BCUT2D eigenvalue weighted by Gasteiger charge is 2.27. The Kier molecular flexibility index (Phi) is 2.90. The Morgan fingerprint density at radius 3 is 2.45 bits per heavy atom. The van der Waals surface area contributed by atoms with Gasteiger partial charge in [-0.15, -0.1) is 0 Å². The van der Waals surface area contributed by atoms with Gasteiger partial charge in [-0.2, -0.15) is 0 Å². The van der Waals surface area contributed by atoms with Crippen LogP contribution in [-0.2, 0) is 0 Å². The lowest BCUT2D eigenvalue weighted by Gasteiger charge is -2.42. The maximum atomic E-state index is 11.6. The van der Waals surface area contributed by atoms with Crippen LogP contribution in [0.5, 0.6) is 0 Å². The molecule has 11 heavy (non-hydrogen) atoms. The van der Waals surface area contributed by atoms with Crippen molar-refractivity contribution >= 4 is 0 Å². The van der Waals surface area contributed by atoms with Crippen molar-refractivity contribution in [1.29, 1.82) is 0 Å². The van der Waals surface area contributed by atoms with Crippen LogP contribution in [0.2, 0.25) is 0 Å². The minimum Gasteiger partial charge on any atom is -0.634 e. The fourth-order valence-electron chi connectivity index (χ4n) is 1.96. The zero-order chi connectivity index (χ0) is 8.43. The number of rotatable bonds is 1. The van der Waals surface area contributed by atoms with Gasteiger partial charge < -0.3 is 10.3 Å². The SMILES string of the molecule is CC(C)C1CCCC(C)[NH+]1[O-]. The summed E-state index contributed by atoms with van der Waals surface area (Å²) in [5.41, 5.74) is 0. The van der Waals surface area contributed by atoms with Crippen LogP contribution in [0.3, 0.4) is 0 Å². The largest absolute Gasteiger partial charge is 0.634 e. The van der Waals surface area contributed by atoms with Gasteiger partial charge in [0.2, 0.25) is 0 Å². The second-order valence-corrected chi connectivity index (χ2v) is 4.08. The molecular weight excluding hydrogens is 138 g/mol. The molecule has 0 aromatic rings. The molecule has 1 heterocycles. The predicted molar refractivity (Wildman–Crippen MR) is 46.3 cm³/mol. The standard InChI is InChI=1S/C9H19NO/c1-7(2)9-6-4-5-8(3)10(9)11/h7-10H,4-6H2,1-3H3. The average molecular weight is 157 g/mol. The van der Waals surface area contributed by atoms with E-state index < -0.39 is 0 Å². The lowest BCUT2D eigenvalue weighted by molar-refractivity contribution is -0.909. The van der Waals surface area contributed by atoms with E-state index in [0.29, 0.717) is 23.1 Å². The summed E-state index contributed by atoms with van der Waals surface area (Å²) in [7, 11) is 0. The topological polar surface area (TPSA) is 27.5 Å². The maximum absolute atomic E-state index is 11.6. The quantitative estimate of drug-likeness (QED) is 0.564. The van der Waals surface area contributed by atoms with E-state index >= 15 is 0 Å². The van der Waals surface area contributed by atoms with Crippen molar-refractivity contribution in [3.63, 3.8) is 0 Å². The minimum absolute atomic E-state index is 0.330. The van der Waals surface area contributed by atoms with Gasteiger partial charge in [0.15, 0.2) is 0 Å². The molecule has 1 saturated heterocycles.